The fourth-order valence-electron chi connectivity index (χ4n) is 2.81. The molecule has 0 bridgehead atoms. The maximum Gasteiger partial charge on any atom is 0.328 e. The monoisotopic (exact) mass is 270 g/mol. The summed E-state index contributed by atoms with van der Waals surface area (Å²) < 4.78 is 3.06. The standard InChI is InChI=1S/C16H18N2O2/c1-2-17-8-9-18(16(17)20)11-15(19)14-7-6-12-4-3-5-13(12)10-14/h6-10H,2-5,11H2,1H3. The number of nitrogens with zero attached hydrogens (tertiary/aromatic N) is 2. The normalized spacial score (nSPS) is 13.4. The molecule has 1 aliphatic carbocycles. The Hall–Kier alpha value is -2.10. The Kier molecular flexibility index (Phi) is 3.30. The zero-order valence-corrected chi connectivity index (χ0v) is 11.6. The van der Waals surface area contributed by atoms with Crippen molar-refractivity contribution in [1.82, 2.24) is 9.13 Å². The van der Waals surface area contributed by atoms with Gasteiger partial charge in [0.15, 0.2) is 5.78 Å². The minimum Gasteiger partial charge on any atom is -0.300 e. The van der Waals surface area contributed by atoms with Crippen molar-refractivity contribution < 1.29 is 4.79 Å². The van der Waals surface area contributed by atoms with Crippen LogP contribution in [0, 0.1) is 0 Å². The number of ketones is 1. The molecule has 0 aliphatic heterocycles. The molecule has 0 unspecified atom stereocenters. The maximum atomic E-state index is 12.3. The van der Waals surface area contributed by atoms with Crippen molar-refractivity contribution in [3.8, 4) is 0 Å². The van der Waals surface area contributed by atoms with E-state index in [9.17, 15) is 9.59 Å². The zero-order chi connectivity index (χ0) is 14.1. The summed E-state index contributed by atoms with van der Waals surface area (Å²) in [5, 5.41) is 0. The Morgan fingerprint density at radius 3 is 2.65 bits per heavy atom. The van der Waals surface area contributed by atoms with E-state index in [0.717, 1.165) is 12.8 Å². The van der Waals surface area contributed by atoms with Crippen LogP contribution < -0.4 is 5.69 Å². The molecule has 1 heterocycles. The number of Topliss-reactive ketones (excluding diaryl/α,β-unsaturated/α-hetero) is 1. The molecule has 0 saturated heterocycles. The Balaban J connectivity index is 1.82. The van der Waals surface area contributed by atoms with E-state index in [1.54, 1.807) is 17.0 Å². The van der Waals surface area contributed by atoms with E-state index in [1.165, 1.54) is 22.1 Å². The van der Waals surface area contributed by atoms with E-state index in [-0.39, 0.29) is 18.0 Å². The molecule has 2 aromatic rings. The molecule has 104 valence electrons. The summed E-state index contributed by atoms with van der Waals surface area (Å²) in [6.45, 7) is 2.65. The molecular weight excluding hydrogens is 252 g/mol. The van der Waals surface area contributed by atoms with Crippen LogP contribution in [0.2, 0.25) is 0 Å². The molecule has 4 heteroatoms. The van der Waals surface area contributed by atoms with Crippen LogP contribution in [0.1, 0.15) is 34.8 Å². The number of aromatic nitrogens is 2. The molecule has 20 heavy (non-hydrogen) atoms. The van der Waals surface area contributed by atoms with Gasteiger partial charge in [0.1, 0.15) is 0 Å². The highest BCUT2D eigenvalue weighted by atomic mass is 16.2. The third-order valence-corrected chi connectivity index (χ3v) is 3.99. The van der Waals surface area contributed by atoms with Crippen LogP contribution in [0.5, 0.6) is 0 Å². The minimum atomic E-state index is -0.123. The lowest BCUT2D eigenvalue weighted by molar-refractivity contribution is 0.0970. The van der Waals surface area contributed by atoms with Crippen LogP contribution >= 0.6 is 0 Å². The van der Waals surface area contributed by atoms with E-state index < -0.39 is 0 Å². The van der Waals surface area contributed by atoms with Gasteiger partial charge in [0.2, 0.25) is 0 Å². The lowest BCUT2D eigenvalue weighted by atomic mass is 10.0. The summed E-state index contributed by atoms with van der Waals surface area (Å²) in [5.74, 6) is -0.00402. The van der Waals surface area contributed by atoms with E-state index >= 15 is 0 Å². The number of aryl methyl sites for hydroxylation is 3. The number of hydrogen-bond acceptors (Lipinski definition) is 2. The second-order valence-electron chi connectivity index (χ2n) is 5.25. The predicted octanol–water partition coefficient (Wildman–Crippen LogP) is 2.04. The molecule has 0 atom stereocenters. The highest BCUT2D eigenvalue weighted by Crippen LogP contribution is 2.23. The topological polar surface area (TPSA) is 44.0 Å². The van der Waals surface area contributed by atoms with Gasteiger partial charge in [-0.25, -0.2) is 4.79 Å². The van der Waals surface area contributed by atoms with Crippen molar-refractivity contribution in [3.63, 3.8) is 0 Å². The summed E-state index contributed by atoms with van der Waals surface area (Å²) in [7, 11) is 0. The summed E-state index contributed by atoms with van der Waals surface area (Å²) in [5.41, 5.74) is 3.23. The first-order valence-corrected chi connectivity index (χ1v) is 7.09. The molecule has 1 aliphatic rings. The van der Waals surface area contributed by atoms with Crippen molar-refractivity contribution in [2.24, 2.45) is 0 Å². The average molecular weight is 270 g/mol. The van der Waals surface area contributed by atoms with Gasteiger partial charge >= 0.3 is 5.69 Å². The van der Waals surface area contributed by atoms with E-state index in [1.807, 2.05) is 19.1 Å². The quantitative estimate of drug-likeness (QED) is 0.798. The van der Waals surface area contributed by atoms with Crippen LogP contribution in [-0.2, 0) is 25.9 Å². The molecule has 1 aromatic heterocycles. The van der Waals surface area contributed by atoms with E-state index in [4.69, 9.17) is 0 Å². The van der Waals surface area contributed by atoms with Gasteiger partial charge in [-0.15, -0.1) is 0 Å². The van der Waals surface area contributed by atoms with Crippen molar-refractivity contribution in [2.75, 3.05) is 0 Å². The molecule has 0 N–H and O–H groups in total. The van der Waals surface area contributed by atoms with Gasteiger partial charge in [-0.2, -0.15) is 0 Å². The lowest BCUT2D eigenvalue weighted by Gasteiger charge is -2.05. The molecule has 3 rings (SSSR count). The Morgan fingerprint density at radius 2 is 1.90 bits per heavy atom. The largest absolute Gasteiger partial charge is 0.328 e. The van der Waals surface area contributed by atoms with Gasteiger partial charge < -0.3 is 0 Å². The fraction of sp³-hybridized carbons (Fsp3) is 0.375. The molecular formula is C16H18N2O2. The van der Waals surface area contributed by atoms with Crippen LogP contribution in [0.15, 0.2) is 35.4 Å². The first-order valence-electron chi connectivity index (χ1n) is 7.09. The molecule has 0 saturated carbocycles. The number of carbonyl (C=O) groups excluding carboxylic acids is 1. The van der Waals surface area contributed by atoms with Crippen LogP contribution in [0.3, 0.4) is 0 Å². The second kappa shape index (κ2) is 5.12. The summed E-state index contributed by atoms with van der Waals surface area (Å²) >= 11 is 0. The SMILES string of the molecule is CCn1ccn(CC(=O)c2ccc3c(c2)CCC3)c1=O. The highest BCUT2D eigenvalue weighted by Gasteiger charge is 2.15. The van der Waals surface area contributed by atoms with Gasteiger partial charge in [0.05, 0.1) is 6.54 Å². The Bertz CT molecular complexity index is 710. The maximum absolute atomic E-state index is 12.3. The van der Waals surface area contributed by atoms with Gasteiger partial charge in [0.25, 0.3) is 0 Å². The first-order chi connectivity index (χ1) is 9.69. The number of fused-ring (bicyclic) bond motifs is 1. The smallest absolute Gasteiger partial charge is 0.300 e. The molecule has 4 nitrogen and oxygen atoms in total. The number of hydrogen-bond donors (Lipinski definition) is 0. The molecule has 0 fully saturated rings. The van der Waals surface area contributed by atoms with Gasteiger partial charge in [-0.1, -0.05) is 12.1 Å². The molecule has 0 radical (unpaired) electrons. The summed E-state index contributed by atoms with van der Waals surface area (Å²) in [4.78, 5) is 24.2. The lowest BCUT2D eigenvalue weighted by Crippen LogP contribution is -2.26. The van der Waals surface area contributed by atoms with Crippen LogP contribution in [0.4, 0.5) is 0 Å². The zero-order valence-electron chi connectivity index (χ0n) is 11.6. The fourth-order valence-corrected chi connectivity index (χ4v) is 2.81. The summed E-state index contributed by atoms with van der Waals surface area (Å²) in [6.07, 6.45) is 6.74. The highest BCUT2D eigenvalue weighted by molar-refractivity contribution is 5.96. The Labute approximate surface area is 117 Å². The number of benzene rings is 1. The van der Waals surface area contributed by atoms with Crippen molar-refractivity contribution in [1.29, 1.82) is 0 Å². The predicted molar refractivity (Wildman–Crippen MR) is 77.2 cm³/mol. The van der Waals surface area contributed by atoms with Gasteiger partial charge in [-0.3, -0.25) is 13.9 Å². The average Bonchev–Trinajstić information content (AvgIpc) is 3.05. The third-order valence-electron chi connectivity index (χ3n) is 3.99. The number of carbonyl (C=O) groups is 1. The van der Waals surface area contributed by atoms with Crippen molar-refractivity contribution in [3.05, 3.63) is 57.8 Å². The van der Waals surface area contributed by atoms with Crippen LogP contribution in [-0.4, -0.2) is 14.9 Å². The molecule has 0 amide bonds. The number of imidazole rings is 1. The van der Waals surface area contributed by atoms with Crippen molar-refractivity contribution >= 4 is 5.78 Å². The molecule has 1 aromatic carbocycles. The Morgan fingerprint density at radius 1 is 1.15 bits per heavy atom. The van der Waals surface area contributed by atoms with E-state index in [0.29, 0.717) is 12.1 Å². The minimum absolute atomic E-state index is 0.00402. The van der Waals surface area contributed by atoms with Gasteiger partial charge in [0, 0.05) is 24.5 Å². The molecule has 0 spiro atoms. The summed E-state index contributed by atoms with van der Waals surface area (Å²) in [6, 6.07) is 5.93. The van der Waals surface area contributed by atoms with Crippen molar-refractivity contribution in [2.45, 2.75) is 39.3 Å². The third kappa shape index (κ3) is 2.22. The van der Waals surface area contributed by atoms with Crippen LogP contribution in [0.25, 0.3) is 0 Å². The number of rotatable bonds is 4. The first kappa shape index (κ1) is 12.9. The van der Waals surface area contributed by atoms with Gasteiger partial charge in [-0.05, 0) is 43.4 Å². The second-order valence-corrected chi connectivity index (χ2v) is 5.25. The van der Waals surface area contributed by atoms with E-state index in [2.05, 4.69) is 6.07 Å².